The van der Waals surface area contributed by atoms with Gasteiger partial charge in [-0.25, -0.2) is 4.79 Å². The lowest BCUT2D eigenvalue weighted by atomic mass is 9.98. The van der Waals surface area contributed by atoms with Crippen LogP contribution in [0.4, 0.5) is 5.69 Å². The Kier molecular flexibility index (Phi) is 9.26. The summed E-state index contributed by atoms with van der Waals surface area (Å²) in [5.41, 5.74) is 5.40. The molecule has 232 valence electrons. The van der Waals surface area contributed by atoms with Crippen molar-refractivity contribution in [2.75, 3.05) is 58.3 Å². The molecule has 0 saturated carbocycles. The zero-order chi connectivity index (χ0) is 31.3. The molecule has 1 fully saturated rings. The Bertz CT molecular complexity index is 1780. The number of carboxylic acids is 1. The van der Waals surface area contributed by atoms with Gasteiger partial charge in [-0.3, -0.25) is 4.90 Å². The molecule has 0 aliphatic carbocycles. The molecule has 0 amide bonds. The first-order valence-corrected chi connectivity index (χ1v) is 15.5. The number of ether oxygens (including phenoxy) is 2. The fourth-order valence-electron chi connectivity index (χ4n) is 5.72. The monoisotopic (exact) mass is 624 g/mol. The molecule has 0 unspecified atom stereocenters. The van der Waals surface area contributed by atoms with E-state index in [1.165, 1.54) is 0 Å². The van der Waals surface area contributed by atoms with Crippen molar-refractivity contribution in [3.05, 3.63) is 107 Å². The van der Waals surface area contributed by atoms with E-state index >= 15 is 0 Å². The molecular weight excluding hydrogens is 588 g/mol. The number of nitrogens with zero attached hydrogens (tertiary/aromatic N) is 3. The molecule has 6 rings (SSSR count). The van der Waals surface area contributed by atoms with Crippen molar-refractivity contribution < 1.29 is 19.4 Å². The number of rotatable bonds is 11. The van der Waals surface area contributed by atoms with Gasteiger partial charge in [-0.1, -0.05) is 41.9 Å². The average molecular weight is 625 g/mol. The zero-order valence-electron chi connectivity index (χ0n) is 25.5. The number of fused-ring (bicyclic) bond motifs is 1. The highest BCUT2D eigenvalue weighted by Gasteiger charge is 2.23. The number of aromatic amines is 1. The van der Waals surface area contributed by atoms with Gasteiger partial charge in [0.2, 0.25) is 0 Å². The number of hydrogen-bond acceptors (Lipinski definition) is 6. The van der Waals surface area contributed by atoms with Gasteiger partial charge in [-0.05, 0) is 73.8 Å². The lowest BCUT2D eigenvalue weighted by Crippen LogP contribution is -2.46. The second-order valence-corrected chi connectivity index (χ2v) is 11.9. The number of aromatic nitrogens is 1. The van der Waals surface area contributed by atoms with Gasteiger partial charge in [0.1, 0.15) is 29.4 Å². The molecule has 0 spiro atoms. The van der Waals surface area contributed by atoms with Gasteiger partial charge >= 0.3 is 5.97 Å². The molecule has 1 aliphatic rings. The predicted octanol–water partition coefficient (Wildman–Crippen LogP) is 7.24. The van der Waals surface area contributed by atoms with Gasteiger partial charge in [0, 0.05) is 78.7 Å². The summed E-state index contributed by atoms with van der Waals surface area (Å²) in [6.45, 7) is 5.44. The Balaban J connectivity index is 1.20. The van der Waals surface area contributed by atoms with Gasteiger partial charge in [-0.15, -0.1) is 0 Å². The molecule has 8 nitrogen and oxygen atoms in total. The second-order valence-electron chi connectivity index (χ2n) is 11.5. The van der Waals surface area contributed by atoms with Crippen molar-refractivity contribution in [2.24, 2.45) is 0 Å². The van der Waals surface area contributed by atoms with Crippen molar-refractivity contribution in [1.82, 2.24) is 14.8 Å². The fraction of sp³-hybridized carbons (Fsp3) is 0.250. The average Bonchev–Trinajstić information content (AvgIpc) is 3.52. The van der Waals surface area contributed by atoms with Crippen LogP contribution in [-0.4, -0.2) is 79.3 Å². The van der Waals surface area contributed by atoms with Crippen LogP contribution >= 0.6 is 11.6 Å². The van der Waals surface area contributed by atoms with Crippen LogP contribution in [0.3, 0.4) is 0 Å². The van der Waals surface area contributed by atoms with E-state index in [0.717, 1.165) is 78.3 Å². The van der Waals surface area contributed by atoms with Gasteiger partial charge < -0.3 is 29.4 Å². The van der Waals surface area contributed by atoms with Gasteiger partial charge in [0.05, 0.1) is 0 Å². The van der Waals surface area contributed by atoms with Crippen molar-refractivity contribution in [1.29, 1.82) is 0 Å². The van der Waals surface area contributed by atoms with E-state index in [4.69, 9.17) is 21.1 Å². The standard InChI is InChI=1S/C36H37ClN4O4/c1-39(2)21-22-44-33-7-3-5-28(25-9-11-26(37)12-10-25)31(33)24-40-17-19-41(20-18-40)27-13-14-30(36(42)43)35(23-27)45-34-8-4-6-32-29(34)15-16-38-32/h3-16,23,38H,17-22,24H2,1-2H3,(H,42,43). The fourth-order valence-corrected chi connectivity index (χ4v) is 5.85. The number of carboxylic acid groups (broad SMARTS) is 1. The van der Waals surface area contributed by atoms with Crippen molar-refractivity contribution in [2.45, 2.75) is 6.54 Å². The van der Waals surface area contributed by atoms with Crippen LogP contribution in [-0.2, 0) is 6.54 Å². The SMILES string of the molecule is CN(C)CCOc1cccc(-c2ccc(Cl)cc2)c1CN1CCN(c2ccc(C(=O)O)c(Oc3cccc4[nH]ccc34)c2)CC1. The molecule has 4 aromatic carbocycles. The van der Waals surface area contributed by atoms with E-state index in [9.17, 15) is 9.90 Å². The minimum Gasteiger partial charge on any atom is -0.492 e. The first-order chi connectivity index (χ1) is 21.9. The maximum Gasteiger partial charge on any atom is 0.339 e. The van der Waals surface area contributed by atoms with E-state index < -0.39 is 5.97 Å². The van der Waals surface area contributed by atoms with E-state index in [0.29, 0.717) is 23.1 Å². The number of anilines is 1. The summed E-state index contributed by atoms with van der Waals surface area (Å²) in [5, 5.41) is 11.5. The van der Waals surface area contributed by atoms with Crippen molar-refractivity contribution in [3.63, 3.8) is 0 Å². The van der Waals surface area contributed by atoms with Crippen molar-refractivity contribution >= 4 is 34.2 Å². The number of nitrogens with one attached hydrogen (secondary N) is 1. The molecule has 2 N–H and O–H groups in total. The number of piperazine rings is 1. The molecule has 1 saturated heterocycles. The molecule has 0 radical (unpaired) electrons. The third-order valence-corrected chi connectivity index (χ3v) is 8.43. The Morgan fingerprint density at radius 2 is 1.67 bits per heavy atom. The minimum absolute atomic E-state index is 0.130. The summed E-state index contributed by atoms with van der Waals surface area (Å²) >= 11 is 6.20. The van der Waals surface area contributed by atoms with Gasteiger partial charge in [0.15, 0.2) is 0 Å². The first-order valence-electron chi connectivity index (χ1n) is 15.1. The highest BCUT2D eigenvalue weighted by atomic mass is 35.5. The topological polar surface area (TPSA) is 81.3 Å². The molecule has 1 aromatic heterocycles. The molecule has 0 bridgehead atoms. The molecular formula is C36H37ClN4O4. The zero-order valence-corrected chi connectivity index (χ0v) is 26.3. The number of hydrogen-bond donors (Lipinski definition) is 2. The predicted molar refractivity (Wildman–Crippen MR) is 180 cm³/mol. The Hall–Kier alpha value is -4.50. The smallest absolute Gasteiger partial charge is 0.339 e. The third-order valence-electron chi connectivity index (χ3n) is 8.17. The van der Waals surface area contributed by atoms with E-state index in [-0.39, 0.29) is 5.56 Å². The maximum atomic E-state index is 12.1. The van der Waals surface area contributed by atoms with Crippen molar-refractivity contribution in [3.8, 4) is 28.4 Å². The summed E-state index contributed by atoms with van der Waals surface area (Å²) in [4.78, 5) is 22.1. The lowest BCUT2D eigenvalue weighted by molar-refractivity contribution is 0.0694. The number of likely N-dealkylation sites (N-methyl/N-ethyl adjacent to an activating group) is 1. The van der Waals surface area contributed by atoms with Crippen LogP contribution in [0, 0.1) is 0 Å². The molecule has 2 heterocycles. The maximum absolute atomic E-state index is 12.1. The van der Waals surface area contributed by atoms with Crippen LogP contribution in [0.15, 0.2) is 91.1 Å². The lowest BCUT2D eigenvalue weighted by Gasteiger charge is -2.37. The second kappa shape index (κ2) is 13.6. The summed E-state index contributed by atoms with van der Waals surface area (Å²) in [6, 6.07) is 27.2. The van der Waals surface area contributed by atoms with E-state index in [2.05, 4.69) is 43.9 Å². The summed E-state index contributed by atoms with van der Waals surface area (Å²) in [6.07, 6.45) is 1.85. The number of H-pyrrole nitrogens is 1. The largest absolute Gasteiger partial charge is 0.492 e. The summed E-state index contributed by atoms with van der Waals surface area (Å²) in [7, 11) is 4.08. The molecule has 9 heteroatoms. The molecule has 0 atom stereocenters. The number of halogens is 1. The Morgan fingerprint density at radius 3 is 2.42 bits per heavy atom. The number of benzene rings is 4. The van der Waals surface area contributed by atoms with Crippen LogP contribution in [0.5, 0.6) is 17.2 Å². The van der Waals surface area contributed by atoms with Gasteiger partial charge in [0.25, 0.3) is 0 Å². The van der Waals surface area contributed by atoms with Gasteiger partial charge in [-0.2, -0.15) is 0 Å². The normalized spacial score (nSPS) is 13.8. The first kappa shape index (κ1) is 30.5. The molecule has 1 aliphatic heterocycles. The highest BCUT2D eigenvalue weighted by molar-refractivity contribution is 6.30. The minimum atomic E-state index is -1.02. The van der Waals surface area contributed by atoms with Crippen LogP contribution < -0.4 is 14.4 Å². The van der Waals surface area contributed by atoms with Crippen LogP contribution in [0.1, 0.15) is 15.9 Å². The Labute approximate surface area is 268 Å². The van der Waals surface area contributed by atoms with E-state index in [1.54, 1.807) is 6.07 Å². The van der Waals surface area contributed by atoms with E-state index in [1.807, 2.05) is 74.9 Å². The number of aromatic carboxylic acids is 1. The van der Waals surface area contributed by atoms with Crippen LogP contribution in [0.2, 0.25) is 5.02 Å². The highest BCUT2D eigenvalue weighted by Crippen LogP contribution is 2.36. The quantitative estimate of drug-likeness (QED) is 0.160. The third kappa shape index (κ3) is 7.09. The molecule has 5 aromatic rings. The molecule has 45 heavy (non-hydrogen) atoms. The van der Waals surface area contributed by atoms with Crippen LogP contribution in [0.25, 0.3) is 22.0 Å². The summed E-state index contributed by atoms with van der Waals surface area (Å²) in [5.74, 6) is 0.814. The Morgan fingerprint density at radius 1 is 0.911 bits per heavy atom. The summed E-state index contributed by atoms with van der Waals surface area (Å²) < 4.78 is 12.5. The number of carbonyl (C=O) groups is 1.